The molecule has 9 heteroatoms. The molecule has 0 aliphatic heterocycles. The first-order valence-electron chi connectivity index (χ1n) is 8.03. The van der Waals surface area contributed by atoms with Gasteiger partial charge in [-0.2, -0.15) is 0 Å². The Morgan fingerprint density at radius 1 is 1.35 bits per heavy atom. The van der Waals surface area contributed by atoms with E-state index in [1.807, 2.05) is 22.2 Å². The predicted octanol–water partition coefficient (Wildman–Crippen LogP) is 1.35. The summed E-state index contributed by atoms with van der Waals surface area (Å²) in [6.45, 7) is 2.47. The summed E-state index contributed by atoms with van der Waals surface area (Å²) in [5.41, 5.74) is 0.899. The highest BCUT2D eigenvalue weighted by atomic mass is 32.1. The fraction of sp³-hybridized carbons (Fsp3) is 0.176. The highest BCUT2D eigenvalue weighted by Gasteiger charge is 2.11. The van der Waals surface area contributed by atoms with Gasteiger partial charge in [-0.15, -0.1) is 11.3 Å². The minimum atomic E-state index is -0.699. The number of hydrogen-bond donors (Lipinski definition) is 2. The number of benzene rings is 1. The molecule has 1 aromatic carbocycles. The number of rotatable bonds is 4. The van der Waals surface area contributed by atoms with Gasteiger partial charge in [-0.1, -0.05) is 0 Å². The van der Waals surface area contributed by atoms with Crippen molar-refractivity contribution in [2.75, 3.05) is 0 Å². The number of nitrogens with one attached hydrogen (secondary N) is 2. The number of nitrogens with zero attached hydrogens (tertiary/aromatic N) is 3. The zero-order chi connectivity index (χ0) is 18.3. The number of amides is 1. The number of carbonyl (C=O) groups excluding carboxylic acids is 1. The van der Waals surface area contributed by atoms with Gasteiger partial charge in [0.15, 0.2) is 4.96 Å². The predicted molar refractivity (Wildman–Crippen MR) is 98.7 cm³/mol. The molecular formula is C17H15N5O3S. The zero-order valence-corrected chi connectivity index (χ0v) is 14.7. The number of aromatic amines is 1. The van der Waals surface area contributed by atoms with E-state index in [4.69, 9.17) is 0 Å². The first kappa shape index (κ1) is 16.3. The van der Waals surface area contributed by atoms with Crippen LogP contribution in [0.2, 0.25) is 0 Å². The molecule has 8 nitrogen and oxygen atoms in total. The molecule has 0 bridgehead atoms. The fourth-order valence-corrected chi connectivity index (χ4v) is 3.59. The molecule has 0 saturated carbocycles. The van der Waals surface area contributed by atoms with E-state index in [9.17, 15) is 14.4 Å². The van der Waals surface area contributed by atoms with Crippen LogP contribution in [0.3, 0.4) is 0 Å². The van der Waals surface area contributed by atoms with Crippen LogP contribution in [0.5, 0.6) is 0 Å². The van der Waals surface area contributed by atoms with Gasteiger partial charge in [-0.25, -0.2) is 4.98 Å². The van der Waals surface area contributed by atoms with Crippen molar-refractivity contribution in [3.8, 4) is 0 Å². The van der Waals surface area contributed by atoms with E-state index < -0.39 is 11.1 Å². The maximum Gasteiger partial charge on any atom is 0.316 e. The van der Waals surface area contributed by atoms with Gasteiger partial charge in [0, 0.05) is 29.9 Å². The molecule has 0 saturated heterocycles. The molecule has 0 aliphatic carbocycles. The molecule has 1 amide bonds. The molecule has 3 heterocycles. The molecule has 26 heavy (non-hydrogen) atoms. The van der Waals surface area contributed by atoms with Crippen LogP contribution in [0, 0.1) is 0 Å². The second-order valence-corrected chi connectivity index (χ2v) is 6.62. The van der Waals surface area contributed by atoms with E-state index in [0.29, 0.717) is 29.7 Å². The fourth-order valence-electron chi connectivity index (χ4n) is 2.87. The highest BCUT2D eigenvalue weighted by Crippen LogP contribution is 2.13. The van der Waals surface area contributed by atoms with Gasteiger partial charge in [0.05, 0.1) is 23.3 Å². The number of aryl methyl sites for hydroxylation is 1. The van der Waals surface area contributed by atoms with Crippen LogP contribution in [0.4, 0.5) is 0 Å². The Hall–Kier alpha value is -3.20. The van der Waals surface area contributed by atoms with Crippen LogP contribution >= 0.6 is 11.3 Å². The topological polar surface area (TPSA) is 101 Å². The third-order valence-corrected chi connectivity index (χ3v) is 4.90. The van der Waals surface area contributed by atoms with Gasteiger partial charge in [-0.3, -0.25) is 18.8 Å². The van der Waals surface area contributed by atoms with Crippen molar-refractivity contribution in [3.05, 3.63) is 67.9 Å². The third kappa shape index (κ3) is 2.72. The Bertz CT molecular complexity index is 1220. The summed E-state index contributed by atoms with van der Waals surface area (Å²) in [7, 11) is 0. The average molecular weight is 369 g/mol. The number of imidazole rings is 1. The maximum atomic E-state index is 12.4. The Labute approximate surface area is 150 Å². The van der Waals surface area contributed by atoms with E-state index in [0.717, 1.165) is 10.7 Å². The van der Waals surface area contributed by atoms with Crippen molar-refractivity contribution in [2.24, 2.45) is 0 Å². The quantitative estimate of drug-likeness (QED) is 0.530. The number of thiazole rings is 1. The van der Waals surface area contributed by atoms with Gasteiger partial charge < -0.3 is 14.9 Å². The van der Waals surface area contributed by atoms with Crippen molar-refractivity contribution in [2.45, 2.75) is 20.0 Å². The largest absolute Gasteiger partial charge is 0.346 e. The molecular weight excluding hydrogens is 354 g/mol. The van der Waals surface area contributed by atoms with Gasteiger partial charge in [0.1, 0.15) is 0 Å². The van der Waals surface area contributed by atoms with Crippen LogP contribution in [0.1, 0.15) is 23.0 Å². The van der Waals surface area contributed by atoms with Gasteiger partial charge >= 0.3 is 11.1 Å². The Morgan fingerprint density at radius 3 is 2.96 bits per heavy atom. The van der Waals surface area contributed by atoms with Crippen molar-refractivity contribution < 1.29 is 4.79 Å². The molecule has 0 atom stereocenters. The molecule has 0 radical (unpaired) electrons. The lowest BCUT2D eigenvalue weighted by atomic mass is 10.1. The zero-order valence-electron chi connectivity index (χ0n) is 13.9. The smallest absolute Gasteiger partial charge is 0.316 e. The lowest BCUT2D eigenvalue weighted by Gasteiger charge is -2.09. The van der Waals surface area contributed by atoms with Gasteiger partial charge in [0.2, 0.25) is 0 Å². The van der Waals surface area contributed by atoms with E-state index >= 15 is 0 Å². The summed E-state index contributed by atoms with van der Waals surface area (Å²) >= 11 is 1.52. The molecule has 0 unspecified atom stereocenters. The van der Waals surface area contributed by atoms with E-state index in [-0.39, 0.29) is 5.91 Å². The molecule has 0 aliphatic rings. The molecule has 0 spiro atoms. The van der Waals surface area contributed by atoms with E-state index in [1.165, 1.54) is 15.9 Å². The van der Waals surface area contributed by atoms with Crippen molar-refractivity contribution in [3.63, 3.8) is 0 Å². The van der Waals surface area contributed by atoms with E-state index in [2.05, 4.69) is 15.3 Å². The lowest BCUT2D eigenvalue weighted by Crippen LogP contribution is -2.36. The second-order valence-electron chi connectivity index (χ2n) is 5.74. The maximum absolute atomic E-state index is 12.4. The number of aromatic nitrogens is 4. The monoisotopic (exact) mass is 369 g/mol. The minimum Gasteiger partial charge on any atom is -0.346 e. The summed E-state index contributed by atoms with van der Waals surface area (Å²) < 4.78 is 3.28. The van der Waals surface area contributed by atoms with Crippen molar-refractivity contribution in [1.29, 1.82) is 0 Å². The number of hydrogen-bond acceptors (Lipinski definition) is 5. The molecule has 2 N–H and O–H groups in total. The SMILES string of the molecule is CCn1c(=O)c(=O)[nH]c2cc(C(=O)NCc3cn4ccsc4n3)ccc21. The third-order valence-electron chi connectivity index (χ3n) is 4.13. The first-order chi connectivity index (χ1) is 12.6. The van der Waals surface area contributed by atoms with Crippen LogP contribution in [-0.2, 0) is 13.1 Å². The van der Waals surface area contributed by atoms with Gasteiger partial charge in [0.25, 0.3) is 5.91 Å². The summed E-state index contributed by atoms with van der Waals surface area (Å²) in [5.74, 6) is -0.279. The molecule has 0 fully saturated rings. The Kier molecular flexibility index (Phi) is 3.92. The number of carbonyl (C=O) groups is 1. The van der Waals surface area contributed by atoms with Crippen LogP contribution in [0.25, 0.3) is 16.0 Å². The lowest BCUT2D eigenvalue weighted by molar-refractivity contribution is 0.0950. The van der Waals surface area contributed by atoms with E-state index in [1.54, 1.807) is 25.1 Å². The molecule has 3 aromatic heterocycles. The number of H-pyrrole nitrogens is 1. The summed E-state index contributed by atoms with van der Waals surface area (Å²) in [4.78, 5) is 43.9. The van der Waals surface area contributed by atoms with Crippen LogP contribution < -0.4 is 16.4 Å². The van der Waals surface area contributed by atoms with Crippen molar-refractivity contribution in [1.82, 2.24) is 24.3 Å². The summed E-state index contributed by atoms with van der Waals surface area (Å²) in [6, 6.07) is 4.87. The first-order valence-corrected chi connectivity index (χ1v) is 8.91. The Morgan fingerprint density at radius 2 is 2.19 bits per heavy atom. The molecule has 4 rings (SSSR count). The number of fused-ring (bicyclic) bond motifs is 2. The summed E-state index contributed by atoms with van der Waals surface area (Å²) in [6.07, 6.45) is 3.77. The molecule has 4 aromatic rings. The highest BCUT2D eigenvalue weighted by molar-refractivity contribution is 7.15. The Balaban J connectivity index is 1.60. The van der Waals surface area contributed by atoms with Gasteiger partial charge in [-0.05, 0) is 25.1 Å². The average Bonchev–Trinajstić information content (AvgIpc) is 3.22. The van der Waals surface area contributed by atoms with Crippen LogP contribution in [-0.4, -0.2) is 24.8 Å². The standard InChI is InChI=1S/C17H15N5O3S/c1-2-22-13-4-3-10(7-12(13)20-15(24)16(22)25)14(23)18-8-11-9-21-5-6-26-17(21)19-11/h3-7,9H,2,8H2,1H3,(H,18,23)(H,20,24). The summed E-state index contributed by atoms with van der Waals surface area (Å²) in [5, 5.41) is 4.76. The second kappa shape index (κ2) is 6.26. The van der Waals surface area contributed by atoms with Crippen molar-refractivity contribution >= 4 is 33.2 Å². The molecule has 132 valence electrons. The minimum absolute atomic E-state index is 0.279. The normalized spacial score (nSPS) is 11.3. The van der Waals surface area contributed by atoms with Crippen LogP contribution in [0.15, 0.2) is 45.6 Å².